The van der Waals surface area contributed by atoms with E-state index < -0.39 is 10.0 Å². The van der Waals surface area contributed by atoms with Crippen LogP contribution in [0.1, 0.15) is 11.5 Å². The SMILES string of the molecule is Cc1cc(CNS(=O)(=O)c2ccc(Cl)nc2)no1. The standard InChI is InChI=1S/C10H10ClN3O3S/c1-7-4-8(14-17-7)5-13-18(15,16)9-2-3-10(11)12-6-9/h2-4,6,13H,5H2,1H3. The lowest BCUT2D eigenvalue weighted by molar-refractivity contribution is 0.390. The van der Waals surface area contributed by atoms with Crippen LogP contribution in [-0.2, 0) is 16.6 Å². The van der Waals surface area contributed by atoms with Crippen LogP contribution in [0.25, 0.3) is 0 Å². The van der Waals surface area contributed by atoms with Crippen molar-refractivity contribution in [3.8, 4) is 0 Å². The molecule has 6 nitrogen and oxygen atoms in total. The molecule has 0 amide bonds. The smallest absolute Gasteiger partial charge is 0.242 e. The summed E-state index contributed by atoms with van der Waals surface area (Å²) in [5.41, 5.74) is 0.512. The zero-order chi connectivity index (χ0) is 13.2. The van der Waals surface area contributed by atoms with Gasteiger partial charge in [-0.25, -0.2) is 18.1 Å². The Balaban J connectivity index is 2.10. The molecule has 0 radical (unpaired) electrons. The topological polar surface area (TPSA) is 85.1 Å². The fourth-order valence-corrected chi connectivity index (χ4v) is 2.33. The highest BCUT2D eigenvalue weighted by Gasteiger charge is 2.14. The molecular formula is C10H10ClN3O3S. The van der Waals surface area contributed by atoms with Gasteiger partial charge in [0.1, 0.15) is 15.8 Å². The summed E-state index contributed by atoms with van der Waals surface area (Å²) in [6.45, 7) is 1.79. The Bertz CT molecular complexity index is 637. The van der Waals surface area contributed by atoms with Crippen LogP contribution in [-0.4, -0.2) is 18.6 Å². The van der Waals surface area contributed by atoms with Crippen LogP contribution in [0.4, 0.5) is 0 Å². The third-order valence-corrected chi connectivity index (χ3v) is 3.74. The third kappa shape index (κ3) is 3.06. The van der Waals surface area contributed by atoms with E-state index in [1.807, 2.05) is 0 Å². The fraction of sp³-hybridized carbons (Fsp3) is 0.200. The second-order valence-electron chi connectivity index (χ2n) is 3.57. The van der Waals surface area contributed by atoms with Crippen molar-refractivity contribution in [1.29, 1.82) is 0 Å². The van der Waals surface area contributed by atoms with Gasteiger partial charge in [0.2, 0.25) is 10.0 Å². The molecule has 0 saturated carbocycles. The molecule has 1 N–H and O–H groups in total. The molecule has 0 bridgehead atoms. The highest BCUT2D eigenvalue weighted by molar-refractivity contribution is 7.89. The van der Waals surface area contributed by atoms with Crippen LogP contribution < -0.4 is 4.72 Å². The number of aromatic nitrogens is 2. The summed E-state index contributed by atoms with van der Waals surface area (Å²) in [4.78, 5) is 3.76. The highest BCUT2D eigenvalue weighted by atomic mass is 35.5. The summed E-state index contributed by atoms with van der Waals surface area (Å²) < 4.78 is 31.0. The molecule has 0 unspecified atom stereocenters. The average Bonchev–Trinajstić information content (AvgIpc) is 2.73. The molecule has 2 aromatic heterocycles. The molecular weight excluding hydrogens is 278 g/mol. The second kappa shape index (κ2) is 5.05. The minimum atomic E-state index is -3.62. The Morgan fingerprint density at radius 3 is 2.78 bits per heavy atom. The van der Waals surface area contributed by atoms with E-state index in [4.69, 9.17) is 16.1 Å². The van der Waals surface area contributed by atoms with Crippen molar-refractivity contribution < 1.29 is 12.9 Å². The molecule has 18 heavy (non-hydrogen) atoms. The summed E-state index contributed by atoms with van der Waals surface area (Å²) in [5, 5.41) is 3.93. The first-order valence-corrected chi connectivity index (χ1v) is 6.87. The zero-order valence-corrected chi connectivity index (χ0v) is 11.0. The van der Waals surface area contributed by atoms with Crippen molar-refractivity contribution in [2.75, 3.05) is 0 Å². The number of halogens is 1. The van der Waals surface area contributed by atoms with Crippen LogP contribution >= 0.6 is 11.6 Å². The maximum Gasteiger partial charge on any atom is 0.242 e. The van der Waals surface area contributed by atoms with E-state index >= 15 is 0 Å². The summed E-state index contributed by atoms with van der Waals surface area (Å²) in [6.07, 6.45) is 1.19. The third-order valence-electron chi connectivity index (χ3n) is 2.13. The molecule has 2 rings (SSSR count). The molecule has 0 aliphatic rings. The normalized spacial score (nSPS) is 11.7. The molecule has 0 saturated heterocycles. The van der Waals surface area contributed by atoms with Crippen molar-refractivity contribution >= 4 is 21.6 Å². The van der Waals surface area contributed by atoms with Gasteiger partial charge >= 0.3 is 0 Å². The summed E-state index contributed by atoms with van der Waals surface area (Å²) in [7, 11) is -3.62. The predicted octanol–water partition coefficient (Wildman–Crippen LogP) is 1.51. The van der Waals surface area contributed by atoms with E-state index in [0.717, 1.165) is 0 Å². The highest BCUT2D eigenvalue weighted by Crippen LogP contribution is 2.11. The zero-order valence-electron chi connectivity index (χ0n) is 9.42. The molecule has 0 fully saturated rings. The molecule has 0 atom stereocenters. The molecule has 0 spiro atoms. The van der Waals surface area contributed by atoms with Gasteiger partial charge in [0, 0.05) is 12.3 Å². The first kappa shape index (κ1) is 13.0. The summed E-state index contributed by atoms with van der Waals surface area (Å²) in [6, 6.07) is 4.45. The molecule has 0 aliphatic carbocycles. The van der Waals surface area contributed by atoms with Crippen molar-refractivity contribution in [3.63, 3.8) is 0 Å². The number of aryl methyl sites for hydroxylation is 1. The number of hydrogen-bond acceptors (Lipinski definition) is 5. The first-order valence-electron chi connectivity index (χ1n) is 5.01. The van der Waals surface area contributed by atoms with Crippen molar-refractivity contribution in [2.45, 2.75) is 18.4 Å². The molecule has 2 aromatic rings. The van der Waals surface area contributed by atoms with Crippen LogP contribution in [0, 0.1) is 6.92 Å². The number of rotatable bonds is 4. The van der Waals surface area contributed by atoms with Gasteiger partial charge in [0.05, 0.1) is 12.2 Å². The number of pyridine rings is 1. The number of hydrogen-bond donors (Lipinski definition) is 1. The largest absolute Gasteiger partial charge is 0.361 e. The number of nitrogens with one attached hydrogen (secondary N) is 1. The Morgan fingerprint density at radius 1 is 1.44 bits per heavy atom. The lowest BCUT2D eigenvalue weighted by atomic mass is 10.4. The van der Waals surface area contributed by atoms with E-state index in [-0.39, 0.29) is 16.6 Å². The Morgan fingerprint density at radius 2 is 2.22 bits per heavy atom. The Labute approximate surface area is 109 Å². The van der Waals surface area contributed by atoms with Gasteiger partial charge in [-0.1, -0.05) is 16.8 Å². The average molecular weight is 288 g/mol. The lowest BCUT2D eigenvalue weighted by Gasteiger charge is -2.04. The van der Waals surface area contributed by atoms with Gasteiger partial charge in [-0.15, -0.1) is 0 Å². The number of sulfonamides is 1. The van der Waals surface area contributed by atoms with Crippen LogP contribution in [0.15, 0.2) is 33.8 Å². The molecule has 8 heteroatoms. The summed E-state index contributed by atoms with van der Waals surface area (Å²) in [5.74, 6) is 0.623. The maximum atomic E-state index is 11.9. The van der Waals surface area contributed by atoms with Crippen LogP contribution in [0.5, 0.6) is 0 Å². The maximum absolute atomic E-state index is 11.9. The van der Waals surface area contributed by atoms with Gasteiger partial charge < -0.3 is 4.52 Å². The van der Waals surface area contributed by atoms with Gasteiger partial charge in [0.25, 0.3) is 0 Å². The van der Waals surface area contributed by atoms with Crippen LogP contribution in [0.2, 0.25) is 5.15 Å². The predicted molar refractivity (Wildman–Crippen MR) is 64.5 cm³/mol. The molecule has 0 aromatic carbocycles. The Kier molecular flexibility index (Phi) is 3.65. The van der Waals surface area contributed by atoms with Gasteiger partial charge in [-0.2, -0.15) is 0 Å². The first-order chi connectivity index (χ1) is 8.47. The van der Waals surface area contributed by atoms with E-state index in [9.17, 15) is 8.42 Å². The fourth-order valence-electron chi connectivity index (χ4n) is 1.27. The van der Waals surface area contributed by atoms with E-state index in [0.29, 0.717) is 11.5 Å². The molecule has 0 aliphatic heterocycles. The van der Waals surface area contributed by atoms with Crippen LogP contribution in [0.3, 0.4) is 0 Å². The summed E-state index contributed by atoms with van der Waals surface area (Å²) >= 11 is 5.59. The molecule has 2 heterocycles. The van der Waals surface area contributed by atoms with E-state index in [1.54, 1.807) is 13.0 Å². The van der Waals surface area contributed by atoms with Gasteiger partial charge in [0.15, 0.2) is 0 Å². The van der Waals surface area contributed by atoms with E-state index in [2.05, 4.69) is 14.9 Å². The quantitative estimate of drug-likeness (QED) is 0.862. The minimum absolute atomic E-state index is 0.0483. The second-order valence-corrected chi connectivity index (χ2v) is 5.72. The lowest BCUT2D eigenvalue weighted by Crippen LogP contribution is -2.23. The molecule has 96 valence electrons. The van der Waals surface area contributed by atoms with Crippen molar-refractivity contribution in [3.05, 3.63) is 41.0 Å². The monoisotopic (exact) mass is 287 g/mol. The minimum Gasteiger partial charge on any atom is -0.361 e. The van der Waals surface area contributed by atoms with Gasteiger partial charge in [-0.05, 0) is 19.1 Å². The van der Waals surface area contributed by atoms with E-state index in [1.165, 1.54) is 18.3 Å². The van der Waals surface area contributed by atoms with Crippen molar-refractivity contribution in [2.24, 2.45) is 0 Å². The number of nitrogens with zero attached hydrogens (tertiary/aromatic N) is 2. The van der Waals surface area contributed by atoms with Gasteiger partial charge in [-0.3, -0.25) is 0 Å². The Hall–Kier alpha value is -1.44. The van der Waals surface area contributed by atoms with Crippen molar-refractivity contribution in [1.82, 2.24) is 14.9 Å².